The average Bonchev–Trinajstić information content (AvgIpc) is 3.27. The summed E-state index contributed by atoms with van der Waals surface area (Å²) in [5.41, 5.74) is 4.29. The van der Waals surface area contributed by atoms with Gasteiger partial charge in [-0.3, -0.25) is 4.98 Å². The molecule has 0 spiro atoms. The van der Waals surface area contributed by atoms with E-state index in [2.05, 4.69) is 0 Å². The first-order valence-electron chi connectivity index (χ1n) is 8.28. The van der Waals surface area contributed by atoms with E-state index in [1.54, 1.807) is 21.3 Å². The number of benzene rings is 2. The van der Waals surface area contributed by atoms with E-state index in [4.69, 9.17) is 28.7 Å². The second-order valence-corrected chi connectivity index (χ2v) is 6.23. The Morgan fingerprint density at radius 1 is 0.926 bits per heavy atom. The summed E-state index contributed by atoms with van der Waals surface area (Å²) >= 11 is 0. The molecular weight excluding hydrogens is 370 g/mol. The molecule has 140 valence electrons. The molecule has 0 saturated heterocycles. The Balaban J connectivity index is 0.00000180. The number of rotatable bonds is 3. The van der Waals surface area contributed by atoms with Crippen molar-refractivity contribution in [3.63, 3.8) is 0 Å². The van der Waals surface area contributed by atoms with Gasteiger partial charge >= 0.3 is 0 Å². The fraction of sp³-hybridized carbons (Fsp3) is 0.250. The van der Waals surface area contributed by atoms with Crippen LogP contribution in [-0.4, -0.2) is 33.1 Å². The van der Waals surface area contributed by atoms with Gasteiger partial charge in [0.1, 0.15) is 0 Å². The van der Waals surface area contributed by atoms with Gasteiger partial charge in [0.05, 0.1) is 27.0 Å². The van der Waals surface area contributed by atoms with Gasteiger partial charge in [0.2, 0.25) is 12.5 Å². The van der Waals surface area contributed by atoms with E-state index < -0.39 is 0 Å². The maximum Gasteiger partial charge on any atom is 0.231 e. The Bertz CT molecular complexity index is 1070. The van der Waals surface area contributed by atoms with Crippen molar-refractivity contribution in [1.82, 2.24) is 4.98 Å². The number of fused-ring (bicyclic) bond motifs is 6. The highest BCUT2D eigenvalue weighted by Gasteiger charge is 2.29. The lowest BCUT2D eigenvalue weighted by molar-refractivity contribution is 0.174. The highest BCUT2D eigenvalue weighted by Crippen LogP contribution is 2.50. The van der Waals surface area contributed by atoms with Crippen molar-refractivity contribution < 1.29 is 23.7 Å². The van der Waals surface area contributed by atoms with Crippen molar-refractivity contribution in [1.29, 1.82) is 0 Å². The molecule has 1 aliphatic heterocycles. The van der Waals surface area contributed by atoms with Crippen molar-refractivity contribution in [2.45, 2.75) is 6.42 Å². The second kappa shape index (κ2) is 6.39. The van der Waals surface area contributed by atoms with Crippen LogP contribution in [0.2, 0.25) is 0 Å². The van der Waals surface area contributed by atoms with Gasteiger partial charge in [-0.25, -0.2) is 0 Å². The Labute approximate surface area is 162 Å². The van der Waals surface area contributed by atoms with Crippen LogP contribution in [0.5, 0.6) is 28.7 Å². The molecule has 6 nitrogen and oxygen atoms in total. The van der Waals surface area contributed by atoms with Gasteiger partial charge in [-0.05, 0) is 29.3 Å². The third-order valence-electron chi connectivity index (χ3n) is 5.00. The number of aromatic nitrogens is 1. The van der Waals surface area contributed by atoms with Gasteiger partial charge in [-0.2, -0.15) is 0 Å². The van der Waals surface area contributed by atoms with Gasteiger partial charge in [-0.15, -0.1) is 12.4 Å². The summed E-state index contributed by atoms with van der Waals surface area (Å²) in [4.78, 5) is 4.71. The fourth-order valence-corrected chi connectivity index (χ4v) is 3.86. The van der Waals surface area contributed by atoms with Crippen LogP contribution in [-0.2, 0) is 6.42 Å². The molecule has 3 aromatic rings. The molecule has 1 aromatic heterocycles. The van der Waals surface area contributed by atoms with Crippen LogP contribution in [0.25, 0.3) is 22.0 Å². The number of pyridine rings is 1. The fourth-order valence-electron chi connectivity index (χ4n) is 3.86. The molecule has 27 heavy (non-hydrogen) atoms. The van der Waals surface area contributed by atoms with Crippen molar-refractivity contribution >= 4 is 23.2 Å². The minimum atomic E-state index is 0. The molecule has 0 amide bonds. The van der Waals surface area contributed by atoms with Gasteiger partial charge in [0.15, 0.2) is 23.0 Å². The molecule has 2 heterocycles. The quantitative estimate of drug-likeness (QED) is 0.530. The smallest absolute Gasteiger partial charge is 0.231 e. The summed E-state index contributed by atoms with van der Waals surface area (Å²) in [7, 11) is 4.87. The molecule has 0 N–H and O–H groups in total. The summed E-state index contributed by atoms with van der Waals surface area (Å²) < 4.78 is 27.8. The Morgan fingerprint density at radius 3 is 2.37 bits per heavy atom. The number of methoxy groups -OCH3 is 3. The zero-order chi connectivity index (χ0) is 17.8. The van der Waals surface area contributed by atoms with Crippen LogP contribution in [0.3, 0.4) is 0 Å². The molecule has 0 atom stereocenters. The number of nitrogens with zero attached hydrogens (tertiary/aromatic N) is 1. The number of hydrogen-bond donors (Lipinski definition) is 0. The van der Waals surface area contributed by atoms with Crippen molar-refractivity contribution in [2.75, 3.05) is 28.1 Å². The molecule has 2 aliphatic rings. The van der Waals surface area contributed by atoms with Crippen LogP contribution < -0.4 is 23.7 Å². The number of halogens is 1. The average molecular weight is 388 g/mol. The molecule has 7 heteroatoms. The predicted molar refractivity (Wildman–Crippen MR) is 103 cm³/mol. The molecular formula is C20H18ClNO5. The van der Waals surface area contributed by atoms with Crippen LogP contribution in [0.4, 0.5) is 0 Å². The minimum absolute atomic E-state index is 0. The molecule has 0 bridgehead atoms. The minimum Gasteiger partial charge on any atom is -0.493 e. The molecule has 0 saturated carbocycles. The molecule has 1 aliphatic carbocycles. The van der Waals surface area contributed by atoms with Crippen molar-refractivity contribution in [3.05, 3.63) is 35.5 Å². The van der Waals surface area contributed by atoms with E-state index in [0.717, 1.165) is 45.5 Å². The monoisotopic (exact) mass is 387 g/mol. The maximum absolute atomic E-state index is 5.71. The topological polar surface area (TPSA) is 59.0 Å². The lowest BCUT2D eigenvalue weighted by Crippen LogP contribution is -1.98. The van der Waals surface area contributed by atoms with E-state index in [-0.39, 0.29) is 19.2 Å². The van der Waals surface area contributed by atoms with Gasteiger partial charge in [-0.1, -0.05) is 0 Å². The molecule has 0 unspecified atom stereocenters. The van der Waals surface area contributed by atoms with Crippen molar-refractivity contribution in [2.24, 2.45) is 0 Å². The molecule has 5 rings (SSSR count). The van der Waals surface area contributed by atoms with Crippen LogP contribution >= 0.6 is 12.4 Å². The SMILES string of the molecule is COc1cc2cnc3c(c2c(OC)c1OC)Cc1cc2c(cc1-3)OCO2.Cl. The highest BCUT2D eigenvalue weighted by atomic mass is 35.5. The van der Waals surface area contributed by atoms with E-state index in [0.29, 0.717) is 17.2 Å². The van der Waals surface area contributed by atoms with E-state index in [1.165, 1.54) is 5.56 Å². The third-order valence-corrected chi connectivity index (χ3v) is 5.00. The number of ether oxygens (including phenoxy) is 5. The lowest BCUT2D eigenvalue weighted by Gasteiger charge is -2.16. The summed E-state index contributed by atoms with van der Waals surface area (Å²) in [6.45, 7) is 0.265. The summed E-state index contributed by atoms with van der Waals surface area (Å²) in [5, 5.41) is 1.94. The first-order valence-corrected chi connectivity index (χ1v) is 8.28. The van der Waals surface area contributed by atoms with Gasteiger partial charge < -0.3 is 23.7 Å². The summed E-state index contributed by atoms with van der Waals surface area (Å²) in [6, 6.07) is 5.98. The normalized spacial score (nSPS) is 13.0. The highest BCUT2D eigenvalue weighted by molar-refractivity contribution is 6.00. The van der Waals surface area contributed by atoms with Gasteiger partial charge in [0.25, 0.3) is 0 Å². The first kappa shape index (κ1) is 17.5. The van der Waals surface area contributed by atoms with Crippen LogP contribution in [0, 0.1) is 0 Å². The zero-order valence-corrected chi connectivity index (χ0v) is 15.9. The zero-order valence-electron chi connectivity index (χ0n) is 15.1. The predicted octanol–water partition coefficient (Wildman–Crippen LogP) is 3.98. The Kier molecular flexibility index (Phi) is 4.15. The Morgan fingerprint density at radius 2 is 1.67 bits per heavy atom. The van der Waals surface area contributed by atoms with E-state index >= 15 is 0 Å². The molecule has 0 radical (unpaired) electrons. The molecule has 2 aromatic carbocycles. The van der Waals surface area contributed by atoms with E-state index in [1.807, 2.05) is 24.4 Å². The van der Waals surface area contributed by atoms with Gasteiger partial charge in [0, 0.05) is 29.0 Å². The molecule has 0 fully saturated rings. The summed E-state index contributed by atoms with van der Waals surface area (Å²) in [6.07, 6.45) is 2.59. The second-order valence-electron chi connectivity index (χ2n) is 6.23. The van der Waals surface area contributed by atoms with E-state index in [9.17, 15) is 0 Å². The maximum atomic E-state index is 5.71. The largest absolute Gasteiger partial charge is 0.493 e. The number of hydrogen-bond acceptors (Lipinski definition) is 6. The van der Waals surface area contributed by atoms with Crippen LogP contribution in [0.15, 0.2) is 24.4 Å². The third kappa shape index (κ3) is 2.36. The standard InChI is InChI=1S/C20H17NO5.ClH/c1-22-16-6-11-8-21-18-12-7-15-14(25-9-26-15)5-10(12)4-13(18)17(11)20(24-3)19(16)23-2;/h5-8H,4,9H2,1-3H3;1H. The summed E-state index contributed by atoms with van der Waals surface area (Å²) in [5.74, 6) is 3.41. The Hall–Kier alpha value is -2.86. The first-order chi connectivity index (χ1) is 12.7. The van der Waals surface area contributed by atoms with Crippen LogP contribution in [0.1, 0.15) is 11.1 Å². The van der Waals surface area contributed by atoms with Crippen molar-refractivity contribution in [3.8, 4) is 40.0 Å². The lowest BCUT2D eigenvalue weighted by atomic mass is 10.0.